The Labute approximate surface area is 203 Å². The lowest BCUT2D eigenvalue weighted by Crippen LogP contribution is -2.23. The minimum absolute atomic E-state index is 0.000751. The lowest BCUT2D eigenvalue weighted by Gasteiger charge is -2.23. The van der Waals surface area contributed by atoms with E-state index in [9.17, 15) is 29.7 Å². The maximum Gasteiger partial charge on any atom is 0.347 e. The number of carbonyl (C=O) groups is 2. The number of hydrogen-bond donors (Lipinski definition) is 3. The van der Waals surface area contributed by atoms with Crippen LogP contribution in [0.3, 0.4) is 0 Å². The van der Waals surface area contributed by atoms with Crippen LogP contribution in [0.4, 0.5) is 0 Å². The molecule has 36 heavy (non-hydrogen) atoms. The third-order valence-electron chi connectivity index (χ3n) is 6.25. The minimum Gasteiger partial charge on any atom is -0.507 e. The molecule has 182 valence electrons. The van der Waals surface area contributed by atoms with E-state index >= 15 is 0 Å². The second-order valence-corrected chi connectivity index (χ2v) is 8.51. The molecule has 0 aliphatic heterocycles. The van der Waals surface area contributed by atoms with Crippen LogP contribution in [-0.2, 0) is 4.74 Å². The summed E-state index contributed by atoms with van der Waals surface area (Å²) in [7, 11) is 2.50. The minimum atomic E-state index is -0.809. The molecule has 1 aromatic heterocycles. The van der Waals surface area contributed by atoms with Gasteiger partial charge in [-0.3, -0.25) is 9.59 Å². The van der Waals surface area contributed by atoms with Crippen LogP contribution >= 0.6 is 0 Å². The van der Waals surface area contributed by atoms with Crippen molar-refractivity contribution in [3.05, 3.63) is 74.5 Å². The SMILES string of the molecule is COC1=C(c2c(OC)cc3cc4cc(C)oc(=O)c4c(O)c3c2O)C(=O)c2c(O)cc(C)cc2C1=O. The quantitative estimate of drug-likeness (QED) is 0.363. The van der Waals surface area contributed by atoms with Crippen LogP contribution in [0.5, 0.6) is 23.0 Å². The average Bonchev–Trinajstić information content (AvgIpc) is 2.80. The van der Waals surface area contributed by atoms with Gasteiger partial charge in [-0.05, 0) is 60.5 Å². The first-order chi connectivity index (χ1) is 17.1. The molecule has 3 aromatic carbocycles. The van der Waals surface area contributed by atoms with Gasteiger partial charge in [0.2, 0.25) is 11.6 Å². The van der Waals surface area contributed by atoms with Gasteiger partial charge in [0.1, 0.15) is 34.1 Å². The van der Waals surface area contributed by atoms with Crippen molar-refractivity contribution in [1.82, 2.24) is 0 Å². The number of hydrogen-bond acceptors (Lipinski definition) is 9. The molecule has 0 bridgehead atoms. The summed E-state index contributed by atoms with van der Waals surface area (Å²) >= 11 is 0. The number of allylic oxidation sites excluding steroid dienone is 2. The Balaban J connectivity index is 1.92. The lowest BCUT2D eigenvalue weighted by atomic mass is 9.82. The number of carbonyl (C=O) groups excluding carboxylic acids is 2. The van der Waals surface area contributed by atoms with E-state index in [1.54, 1.807) is 26.0 Å². The average molecular weight is 488 g/mol. The number of methoxy groups -OCH3 is 2. The Hall–Kier alpha value is -4.79. The highest BCUT2D eigenvalue weighted by molar-refractivity contribution is 6.41. The summed E-state index contributed by atoms with van der Waals surface area (Å²) in [5.41, 5.74) is -1.14. The number of phenols is 3. The summed E-state index contributed by atoms with van der Waals surface area (Å²) in [6.45, 7) is 3.25. The fourth-order valence-electron chi connectivity index (χ4n) is 4.78. The van der Waals surface area contributed by atoms with Crippen molar-refractivity contribution in [2.24, 2.45) is 0 Å². The topological polar surface area (TPSA) is 144 Å². The normalized spacial score (nSPS) is 13.4. The number of rotatable bonds is 3. The molecular weight excluding hydrogens is 468 g/mol. The molecule has 3 N–H and O–H groups in total. The maximum atomic E-state index is 13.7. The van der Waals surface area contributed by atoms with Crippen molar-refractivity contribution in [2.45, 2.75) is 13.8 Å². The van der Waals surface area contributed by atoms with Crippen LogP contribution < -0.4 is 10.4 Å². The highest BCUT2D eigenvalue weighted by Crippen LogP contribution is 2.49. The highest BCUT2D eigenvalue weighted by Gasteiger charge is 2.39. The molecule has 0 saturated carbocycles. The van der Waals surface area contributed by atoms with Crippen LogP contribution in [0.25, 0.3) is 27.1 Å². The number of aryl methyl sites for hydroxylation is 2. The molecule has 0 atom stereocenters. The van der Waals surface area contributed by atoms with Crippen LogP contribution in [0.1, 0.15) is 37.6 Å². The van der Waals surface area contributed by atoms with Crippen molar-refractivity contribution >= 4 is 38.7 Å². The maximum absolute atomic E-state index is 13.7. The summed E-state index contributed by atoms with van der Waals surface area (Å²) in [5.74, 6) is -3.11. The third-order valence-corrected chi connectivity index (χ3v) is 6.25. The van der Waals surface area contributed by atoms with Gasteiger partial charge >= 0.3 is 5.63 Å². The van der Waals surface area contributed by atoms with E-state index in [1.165, 1.54) is 32.4 Å². The van der Waals surface area contributed by atoms with Crippen molar-refractivity contribution < 1.29 is 38.8 Å². The number of benzene rings is 3. The van der Waals surface area contributed by atoms with Gasteiger partial charge < -0.3 is 29.2 Å². The fraction of sp³-hybridized carbons (Fsp3) is 0.148. The molecular formula is C27H20O9. The van der Waals surface area contributed by atoms with Gasteiger partial charge in [-0.25, -0.2) is 4.79 Å². The van der Waals surface area contributed by atoms with Crippen LogP contribution in [0.15, 0.2) is 45.3 Å². The smallest absolute Gasteiger partial charge is 0.347 e. The van der Waals surface area contributed by atoms with Gasteiger partial charge in [-0.15, -0.1) is 0 Å². The van der Waals surface area contributed by atoms with Crippen LogP contribution in [0.2, 0.25) is 0 Å². The zero-order valence-corrected chi connectivity index (χ0v) is 19.7. The van der Waals surface area contributed by atoms with Gasteiger partial charge in [0.15, 0.2) is 5.76 Å². The van der Waals surface area contributed by atoms with Crippen molar-refractivity contribution in [3.63, 3.8) is 0 Å². The fourth-order valence-corrected chi connectivity index (χ4v) is 4.78. The van der Waals surface area contributed by atoms with Gasteiger partial charge in [-0.1, -0.05) is 0 Å². The molecule has 0 amide bonds. The van der Waals surface area contributed by atoms with E-state index in [-0.39, 0.29) is 44.5 Å². The Kier molecular flexibility index (Phi) is 5.03. The number of ketones is 2. The van der Waals surface area contributed by atoms with E-state index in [1.807, 2.05) is 0 Å². The number of ether oxygens (including phenoxy) is 2. The first-order valence-corrected chi connectivity index (χ1v) is 10.8. The Morgan fingerprint density at radius 3 is 2.11 bits per heavy atom. The molecule has 0 radical (unpaired) electrons. The molecule has 0 unspecified atom stereocenters. The van der Waals surface area contributed by atoms with Crippen molar-refractivity contribution in [3.8, 4) is 23.0 Å². The molecule has 0 spiro atoms. The van der Waals surface area contributed by atoms with E-state index in [0.717, 1.165) is 0 Å². The molecule has 9 heteroatoms. The van der Waals surface area contributed by atoms with E-state index in [4.69, 9.17) is 13.9 Å². The van der Waals surface area contributed by atoms with Crippen LogP contribution in [0, 0.1) is 13.8 Å². The number of Topliss-reactive ketones (excluding diaryl/α,β-unsaturated/α-hetero) is 2. The van der Waals surface area contributed by atoms with Gasteiger partial charge in [0, 0.05) is 5.56 Å². The molecule has 1 heterocycles. The molecule has 0 fully saturated rings. The highest BCUT2D eigenvalue weighted by atomic mass is 16.5. The Morgan fingerprint density at radius 1 is 0.750 bits per heavy atom. The predicted molar refractivity (Wildman–Crippen MR) is 130 cm³/mol. The van der Waals surface area contributed by atoms with Gasteiger partial charge in [0.25, 0.3) is 0 Å². The second-order valence-electron chi connectivity index (χ2n) is 8.51. The molecule has 1 aliphatic rings. The zero-order chi connectivity index (χ0) is 26.0. The lowest BCUT2D eigenvalue weighted by molar-refractivity contribution is 0.0923. The number of fused-ring (bicyclic) bond motifs is 3. The van der Waals surface area contributed by atoms with Crippen molar-refractivity contribution in [2.75, 3.05) is 14.2 Å². The number of phenolic OH excluding ortho intramolecular Hbond substituents is 3. The summed E-state index contributed by atoms with van der Waals surface area (Å²) < 4.78 is 15.9. The molecule has 9 nitrogen and oxygen atoms in total. The molecule has 4 aromatic rings. The Morgan fingerprint density at radius 2 is 1.44 bits per heavy atom. The van der Waals surface area contributed by atoms with E-state index in [0.29, 0.717) is 22.1 Å². The first kappa shape index (κ1) is 23.0. The molecule has 5 rings (SSSR count). The largest absolute Gasteiger partial charge is 0.507 e. The summed E-state index contributed by atoms with van der Waals surface area (Å²) in [4.78, 5) is 39.5. The van der Waals surface area contributed by atoms with E-state index in [2.05, 4.69) is 0 Å². The van der Waals surface area contributed by atoms with Crippen LogP contribution in [-0.4, -0.2) is 41.1 Å². The zero-order valence-electron chi connectivity index (χ0n) is 19.7. The van der Waals surface area contributed by atoms with Gasteiger partial charge in [-0.2, -0.15) is 0 Å². The standard InChI is InChI=1S/C27H20O9/c1-10-5-14-19(15(28)6-10)25(32)21(26(35-4)22(14)29)20-16(34-3)9-13-8-12-7-11(2)36-27(33)18(12)23(30)17(13)24(20)31/h5-9,28,30-31H,1-4H3. The monoisotopic (exact) mass is 488 g/mol. The third kappa shape index (κ3) is 3.06. The van der Waals surface area contributed by atoms with E-state index < -0.39 is 34.4 Å². The first-order valence-electron chi connectivity index (χ1n) is 10.8. The molecule has 1 aliphatic carbocycles. The van der Waals surface area contributed by atoms with Crippen molar-refractivity contribution in [1.29, 1.82) is 0 Å². The predicted octanol–water partition coefficient (Wildman–Crippen LogP) is 4.13. The van der Waals surface area contributed by atoms with Gasteiger partial charge in [0.05, 0.1) is 36.3 Å². The summed E-state index contributed by atoms with van der Waals surface area (Å²) in [5, 5.41) is 33.3. The number of aromatic hydroxyl groups is 3. The second kappa shape index (κ2) is 7.88. The summed E-state index contributed by atoms with van der Waals surface area (Å²) in [6.07, 6.45) is 0. The summed E-state index contributed by atoms with van der Waals surface area (Å²) in [6, 6.07) is 7.38. The Bertz CT molecular complexity index is 1760. The molecule has 0 saturated heterocycles.